The normalized spacial score (nSPS) is 17.3. The van der Waals surface area contributed by atoms with E-state index in [9.17, 15) is 0 Å². The lowest BCUT2D eigenvalue weighted by Gasteiger charge is -2.42. The van der Waals surface area contributed by atoms with Crippen molar-refractivity contribution >= 4 is 62.2 Å². The van der Waals surface area contributed by atoms with Crippen LogP contribution in [0.4, 0.5) is 11.4 Å². The van der Waals surface area contributed by atoms with Crippen LogP contribution in [-0.2, 0) is 21.7 Å². The zero-order valence-corrected chi connectivity index (χ0v) is 38.8. The Hall–Kier alpha value is -6.32. The molecule has 3 heteroatoms. The van der Waals surface area contributed by atoms with E-state index in [2.05, 4.69) is 206 Å². The molecule has 0 saturated heterocycles. The third-order valence-electron chi connectivity index (χ3n) is 16.8. The highest BCUT2D eigenvalue weighted by molar-refractivity contribution is 6.73. The molecule has 0 atom stereocenters. The molecule has 9 aromatic rings. The summed E-state index contributed by atoms with van der Waals surface area (Å²) in [7, 11) is 0.851. The number of para-hydroxylation sites is 1. The van der Waals surface area contributed by atoms with Crippen LogP contribution >= 0.6 is 0 Å². The van der Waals surface area contributed by atoms with Crippen molar-refractivity contribution in [1.29, 1.82) is 0 Å². The van der Waals surface area contributed by atoms with Crippen LogP contribution in [0.1, 0.15) is 107 Å². The summed E-state index contributed by atoms with van der Waals surface area (Å²) in [6, 6.07) is 51.6. The average Bonchev–Trinajstić information content (AvgIpc) is 3.84. The van der Waals surface area contributed by atoms with Crippen LogP contribution in [0.15, 0.2) is 133 Å². The monoisotopic (exact) mass is 826 g/mol. The van der Waals surface area contributed by atoms with Crippen LogP contribution < -0.4 is 16.2 Å². The van der Waals surface area contributed by atoms with Crippen LogP contribution in [0.3, 0.4) is 0 Å². The summed E-state index contributed by atoms with van der Waals surface area (Å²) in [6.07, 6.45) is 2.39. The Balaban J connectivity index is 1.17. The summed E-state index contributed by atoms with van der Waals surface area (Å²) in [5, 5.41) is 9.53. The summed E-state index contributed by atoms with van der Waals surface area (Å²) in [4.78, 5) is 0. The van der Waals surface area contributed by atoms with Crippen molar-refractivity contribution in [3.63, 3.8) is 0 Å². The van der Waals surface area contributed by atoms with E-state index in [1.165, 1.54) is 146 Å². The molecule has 0 bridgehead atoms. The molecule has 64 heavy (non-hydrogen) atoms. The molecule has 1 aromatic heterocycles. The number of nitrogens with zero attached hydrogens (tertiary/aromatic N) is 1. The Morgan fingerprint density at radius 1 is 0.516 bits per heavy atom. The Morgan fingerprint density at radius 2 is 1.19 bits per heavy atom. The molecule has 0 unspecified atom stereocenters. The fourth-order valence-corrected chi connectivity index (χ4v) is 13.2. The van der Waals surface area contributed by atoms with Crippen molar-refractivity contribution in [2.24, 2.45) is 0 Å². The molecule has 2 nitrogen and oxygen atoms in total. The number of hydrogen-bond donors (Lipinski definition) is 1. The van der Waals surface area contributed by atoms with Crippen molar-refractivity contribution in [1.82, 2.24) is 4.57 Å². The summed E-state index contributed by atoms with van der Waals surface area (Å²) >= 11 is 0. The van der Waals surface area contributed by atoms with Gasteiger partial charge in [0.2, 0.25) is 0 Å². The molecule has 0 saturated carbocycles. The largest absolute Gasteiger partial charge is 0.355 e. The molecule has 0 fully saturated rings. The third-order valence-corrected chi connectivity index (χ3v) is 16.8. The Morgan fingerprint density at radius 3 is 1.97 bits per heavy atom. The Kier molecular flexibility index (Phi) is 7.44. The summed E-state index contributed by atoms with van der Waals surface area (Å²) in [6.45, 7) is 21.9. The zero-order valence-electron chi connectivity index (χ0n) is 38.8. The van der Waals surface area contributed by atoms with Gasteiger partial charge in [-0.05, 0) is 132 Å². The van der Waals surface area contributed by atoms with E-state index in [0.717, 1.165) is 7.28 Å². The maximum Gasteiger partial charge on any atom is 0.198 e. The molecule has 2 heterocycles. The predicted molar refractivity (Wildman–Crippen MR) is 275 cm³/mol. The molecule has 8 aromatic carbocycles. The number of rotatable bonds is 3. The van der Waals surface area contributed by atoms with Gasteiger partial charge in [-0.1, -0.05) is 170 Å². The first kappa shape index (κ1) is 38.2. The number of aromatic nitrogens is 1. The van der Waals surface area contributed by atoms with Gasteiger partial charge in [0.05, 0.1) is 5.52 Å². The van der Waals surface area contributed by atoms with E-state index >= 15 is 0 Å². The second kappa shape index (κ2) is 12.5. The standard InChI is InChI=1S/C61H55BN2/c1-34-31-44-45(59(4,5)30-29-58(44,2)3)33-49(34)63-48-27-26-38-37-19-12-14-22-42(37)61(8,9)54(38)53(48)41-32-46-52(39-20-13-15-23-43(39)60(46,6)7)57-55(41)62-47-24-16-21-40-51-36-18-11-10-17-35(36)25-28-50(51)64(57)56(40)47/h10-28,31-33,62-63H,29-30H2,1-9H3. The van der Waals surface area contributed by atoms with Gasteiger partial charge in [0.15, 0.2) is 7.28 Å². The van der Waals surface area contributed by atoms with Gasteiger partial charge in [-0.3, -0.25) is 0 Å². The van der Waals surface area contributed by atoms with Crippen LogP contribution in [0.5, 0.6) is 0 Å². The summed E-state index contributed by atoms with van der Waals surface area (Å²) in [5.41, 5.74) is 27.0. The van der Waals surface area contributed by atoms with E-state index < -0.39 is 0 Å². The molecule has 0 radical (unpaired) electrons. The average molecular weight is 827 g/mol. The predicted octanol–water partition coefficient (Wildman–Crippen LogP) is 14.3. The molecule has 4 aliphatic rings. The van der Waals surface area contributed by atoms with E-state index in [1.54, 1.807) is 0 Å². The maximum absolute atomic E-state index is 4.24. The number of hydrogen-bond acceptors (Lipinski definition) is 1. The van der Waals surface area contributed by atoms with Gasteiger partial charge in [0.1, 0.15) is 0 Å². The van der Waals surface area contributed by atoms with E-state index in [-0.39, 0.29) is 21.7 Å². The fourth-order valence-electron chi connectivity index (χ4n) is 13.2. The number of aryl methyl sites for hydroxylation is 1. The first-order valence-corrected chi connectivity index (χ1v) is 23.6. The highest BCUT2D eigenvalue weighted by atomic mass is 15.0. The van der Waals surface area contributed by atoms with Gasteiger partial charge in [0.25, 0.3) is 0 Å². The van der Waals surface area contributed by atoms with Crippen molar-refractivity contribution < 1.29 is 0 Å². The van der Waals surface area contributed by atoms with Crippen LogP contribution in [0, 0.1) is 6.92 Å². The zero-order chi connectivity index (χ0) is 43.8. The van der Waals surface area contributed by atoms with Crippen LogP contribution in [0.2, 0.25) is 0 Å². The lowest BCUT2D eigenvalue weighted by molar-refractivity contribution is 0.332. The minimum atomic E-state index is -0.237. The number of anilines is 2. The molecular formula is C61H55BN2. The first-order valence-electron chi connectivity index (χ1n) is 23.6. The molecule has 1 N–H and O–H groups in total. The maximum atomic E-state index is 4.24. The van der Waals surface area contributed by atoms with Crippen molar-refractivity contribution in [3.8, 4) is 39.1 Å². The second-order valence-electron chi connectivity index (χ2n) is 22.0. The van der Waals surface area contributed by atoms with Crippen LogP contribution in [0.25, 0.3) is 71.6 Å². The van der Waals surface area contributed by atoms with Gasteiger partial charge >= 0.3 is 0 Å². The van der Waals surface area contributed by atoms with Gasteiger partial charge in [0, 0.05) is 55.3 Å². The molecule has 13 rings (SSSR count). The third kappa shape index (κ3) is 4.83. The molecule has 1 aliphatic heterocycles. The number of nitrogens with one attached hydrogen (secondary N) is 1. The van der Waals surface area contributed by atoms with E-state index in [4.69, 9.17) is 0 Å². The number of benzene rings is 8. The first-order chi connectivity index (χ1) is 30.7. The Labute approximate surface area is 378 Å². The van der Waals surface area contributed by atoms with Crippen molar-refractivity contribution in [3.05, 3.63) is 172 Å². The molecule has 312 valence electrons. The topological polar surface area (TPSA) is 17.0 Å². The quantitative estimate of drug-likeness (QED) is 0.176. The summed E-state index contributed by atoms with van der Waals surface area (Å²) in [5.74, 6) is 0. The highest BCUT2D eigenvalue weighted by Gasteiger charge is 2.44. The highest BCUT2D eigenvalue weighted by Crippen LogP contribution is 2.58. The molecular weight excluding hydrogens is 771 g/mol. The second-order valence-corrected chi connectivity index (χ2v) is 22.0. The number of fused-ring (bicyclic) bond motifs is 15. The molecule has 0 spiro atoms. The van der Waals surface area contributed by atoms with E-state index in [0.29, 0.717) is 0 Å². The van der Waals surface area contributed by atoms with Gasteiger partial charge in [-0.15, -0.1) is 0 Å². The van der Waals surface area contributed by atoms with Gasteiger partial charge in [-0.2, -0.15) is 0 Å². The minimum Gasteiger partial charge on any atom is -0.355 e. The Bertz CT molecular complexity index is 3570. The molecule has 0 amide bonds. The lowest BCUT2D eigenvalue weighted by atomic mass is 9.57. The smallest absolute Gasteiger partial charge is 0.198 e. The SMILES string of the molecule is Cc1cc2c(cc1Nc1ccc3c(c1-c1cc4c(c5c1Bc1cccc6c7c8ccccc8ccc7n-5c16)-c1ccccc1C4(C)C)C(C)(C)c1ccccc1-3)C(C)(C)CCC2(C)C. The lowest BCUT2D eigenvalue weighted by Crippen LogP contribution is -2.38. The summed E-state index contributed by atoms with van der Waals surface area (Å²) < 4.78 is 2.69. The van der Waals surface area contributed by atoms with Gasteiger partial charge < -0.3 is 9.88 Å². The van der Waals surface area contributed by atoms with Crippen molar-refractivity contribution in [2.45, 2.75) is 96.8 Å². The van der Waals surface area contributed by atoms with Crippen LogP contribution in [-0.4, -0.2) is 11.8 Å². The minimum absolute atomic E-state index is 0.0998. The fraction of sp³-hybridized carbons (Fsp3) is 0.246. The van der Waals surface area contributed by atoms with Crippen molar-refractivity contribution in [2.75, 3.05) is 5.32 Å². The van der Waals surface area contributed by atoms with Gasteiger partial charge in [-0.25, -0.2) is 0 Å². The molecule has 3 aliphatic carbocycles. The van der Waals surface area contributed by atoms with E-state index in [1.807, 2.05) is 0 Å².